The molecule has 1 aliphatic heterocycles. The molecule has 2 aromatic rings. The number of ether oxygens (including phenoxy) is 1. The lowest BCUT2D eigenvalue weighted by atomic mass is 10.1. The number of halogens is 1. The van der Waals surface area contributed by atoms with Gasteiger partial charge in [0.1, 0.15) is 6.10 Å². The molecule has 1 aromatic heterocycles. The van der Waals surface area contributed by atoms with E-state index >= 15 is 0 Å². The van der Waals surface area contributed by atoms with Crippen LogP contribution in [0.2, 0.25) is 0 Å². The molecular formula is C13H18ClN3O. The lowest BCUT2D eigenvalue weighted by Crippen LogP contribution is -2.37. The molecule has 1 N–H and O–H groups in total. The van der Waals surface area contributed by atoms with Crippen molar-refractivity contribution in [1.82, 2.24) is 14.9 Å². The highest BCUT2D eigenvalue weighted by Gasteiger charge is 2.17. The van der Waals surface area contributed by atoms with Crippen molar-refractivity contribution in [3.05, 3.63) is 24.3 Å². The Morgan fingerprint density at radius 1 is 1.39 bits per heavy atom. The third-order valence-corrected chi connectivity index (χ3v) is 3.27. The molecule has 5 heteroatoms. The Bertz CT molecular complexity index is 520. The number of rotatable bonds is 2. The Balaban J connectivity index is 0.00000120. The third-order valence-electron chi connectivity index (χ3n) is 3.27. The predicted octanol–water partition coefficient (Wildman–Crippen LogP) is 2.13. The number of hydrogen-bond donors (Lipinski definition) is 1. The Morgan fingerprint density at radius 3 is 2.94 bits per heavy atom. The summed E-state index contributed by atoms with van der Waals surface area (Å²) in [5, 5.41) is 3.35. The van der Waals surface area contributed by atoms with E-state index < -0.39 is 0 Å². The zero-order valence-electron chi connectivity index (χ0n) is 10.4. The first-order valence-electron chi connectivity index (χ1n) is 6.13. The average Bonchev–Trinajstić information content (AvgIpc) is 2.68. The van der Waals surface area contributed by atoms with Gasteiger partial charge in [0, 0.05) is 13.6 Å². The maximum absolute atomic E-state index is 5.96. The maximum Gasteiger partial charge on any atom is 0.297 e. The van der Waals surface area contributed by atoms with Crippen LogP contribution >= 0.6 is 12.4 Å². The predicted molar refractivity (Wildman–Crippen MR) is 74.5 cm³/mol. The minimum absolute atomic E-state index is 0. The van der Waals surface area contributed by atoms with Gasteiger partial charge in [0.15, 0.2) is 0 Å². The molecule has 4 nitrogen and oxygen atoms in total. The normalized spacial score (nSPS) is 19.5. The number of nitrogens with zero attached hydrogens (tertiary/aromatic N) is 2. The molecule has 0 aliphatic carbocycles. The second kappa shape index (κ2) is 5.59. The van der Waals surface area contributed by atoms with E-state index in [0.29, 0.717) is 0 Å². The van der Waals surface area contributed by atoms with Crippen molar-refractivity contribution in [3.63, 3.8) is 0 Å². The zero-order chi connectivity index (χ0) is 11.7. The van der Waals surface area contributed by atoms with Gasteiger partial charge in [-0.3, -0.25) is 4.57 Å². The molecule has 3 rings (SSSR count). The summed E-state index contributed by atoms with van der Waals surface area (Å²) in [7, 11) is 2.00. The molecule has 1 aliphatic rings. The molecular weight excluding hydrogens is 250 g/mol. The molecule has 0 radical (unpaired) electrons. The standard InChI is InChI=1S/C13H17N3O.ClH/c1-16-12-7-3-2-6-11(12)15-13(16)17-10-5-4-8-14-9-10;/h2-3,6-7,10,14H,4-5,8-9H2,1H3;1H. The number of aryl methyl sites for hydroxylation is 1. The summed E-state index contributed by atoms with van der Waals surface area (Å²) in [6.45, 7) is 2.02. The Morgan fingerprint density at radius 2 is 2.22 bits per heavy atom. The highest BCUT2D eigenvalue weighted by Crippen LogP contribution is 2.21. The van der Waals surface area contributed by atoms with Gasteiger partial charge >= 0.3 is 0 Å². The Labute approximate surface area is 113 Å². The minimum atomic E-state index is 0. The molecule has 0 amide bonds. The first kappa shape index (κ1) is 13.2. The lowest BCUT2D eigenvalue weighted by Gasteiger charge is -2.23. The van der Waals surface area contributed by atoms with Gasteiger partial charge in [0.25, 0.3) is 6.01 Å². The van der Waals surface area contributed by atoms with Crippen molar-refractivity contribution in [1.29, 1.82) is 0 Å². The van der Waals surface area contributed by atoms with Crippen molar-refractivity contribution in [3.8, 4) is 6.01 Å². The molecule has 1 aromatic carbocycles. The average molecular weight is 268 g/mol. The maximum atomic E-state index is 5.96. The van der Waals surface area contributed by atoms with Crippen molar-refractivity contribution in [2.45, 2.75) is 18.9 Å². The van der Waals surface area contributed by atoms with Crippen LogP contribution in [0, 0.1) is 0 Å². The molecule has 98 valence electrons. The van der Waals surface area contributed by atoms with Crippen LogP contribution in [0.3, 0.4) is 0 Å². The van der Waals surface area contributed by atoms with Crippen LogP contribution in [-0.4, -0.2) is 28.7 Å². The number of nitrogens with one attached hydrogen (secondary N) is 1. The number of para-hydroxylation sites is 2. The van der Waals surface area contributed by atoms with Crippen LogP contribution in [0.1, 0.15) is 12.8 Å². The minimum Gasteiger partial charge on any atom is -0.460 e. The number of benzene rings is 1. The molecule has 0 bridgehead atoms. The Kier molecular flexibility index (Phi) is 4.09. The van der Waals surface area contributed by atoms with E-state index in [0.717, 1.165) is 36.6 Å². The van der Waals surface area contributed by atoms with Crippen LogP contribution in [0.25, 0.3) is 11.0 Å². The molecule has 18 heavy (non-hydrogen) atoms. The smallest absolute Gasteiger partial charge is 0.297 e. The monoisotopic (exact) mass is 267 g/mol. The summed E-state index contributed by atoms with van der Waals surface area (Å²) < 4.78 is 7.98. The number of hydrogen-bond acceptors (Lipinski definition) is 3. The summed E-state index contributed by atoms with van der Waals surface area (Å²) >= 11 is 0. The first-order chi connectivity index (χ1) is 8.34. The number of piperidine rings is 1. The van der Waals surface area contributed by atoms with E-state index in [1.54, 1.807) is 0 Å². The van der Waals surface area contributed by atoms with Gasteiger partial charge in [-0.1, -0.05) is 12.1 Å². The summed E-state index contributed by atoms with van der Waals surface area (Å²) in [4.78, 5) is 4.52. The second-order valence-corrected chi connectivity index (χ2v) is 4.53. The number of aromatic nitrogens is 2. The van der Waals surface area contributed by atoms with E-state index in [4.69, 9.17) is 4.74 Å². The van der Waals surface area contributed by atoms with Crippen LogP contribution < -0.4 is 10.1 Å². The highest BCUT2D eigenvalue weighted by molar-refractivity contribution is 5.85. The fourth-order valence-corrected chi connectivity index (χ4v) is 2.30. The SMILES string of the molecule is Cl.Cn1c(OC2CCCNC2)nc2ccccc21. The quantitative estimate of drug-likeness (QED) is 0.906. The number of fused-ring (bicyclic) bond motifs is 1. The summed E-state index contributed by atoms with van der Waals surface area (Å²) in [6, 6.07) is 8.83. The lowest BCUT2D eigenvalue weighted by molar-refractivity contribution is 0.149. The fourth-order valence-electron chi connectivity index (χ4n) is 2.30. The van der Waals surface area contributed by atoms with Gasteiger partial charge < -0.3 is 10.1 Å². The zero-order valence-corrected chi connectivity index (χ0v) is 11.2. The van der Waals surface area contributed by atoms with Crippen LogP contribution in [-0.2, 0) is 7.05 Å². The van der Waals surface area contributed by atoms with Crippen LogP contribution in [0.15, 0.2) is 24.3 Å². The summed E-state index contributed by atoms with van der Waals surface area (Å²) in [5.41, 5.74) is 2.11. The van der Waals surface area contributed by atoms with E-state index in [-0.39, 0.29) is 18.5 Å². The third kappa shape index (κ3) is 2.44. The largest absolute Gasteiger partial charge is 0.460 e. The van der Waals surface area contributed by atoms with Gasteiger partial charge in [-0.15, -0.1) is 12.4 Å². The van der Waals surface area contributed by atoms with Gasteiger partial charge in [0.2, 0.25) is 0 Å². The van der Waals surface area contributed by atoms with E-state index in [2.05, 4.69) is 16.4 Å². The molecule has 0 saturated carbocycles. The molecule has 1 unspecified atom stereocenters. The Hall–Kier alpha value is -1.26. The van der Waals surface area contributed by atoms with Crippen molar-refractivity contribution in [2.75, 3.05) is 13.1 Å². The molecule has 1 atom stereocenters. The fraction of sp³-hybridized carbons (Fsp3) is 0.462. The van der Waals surface area contributed by atoms with Crippen molar-refractivity contribution >= 4 is 23.4 Å². The topological polar surface area (TPSA) is 39.1 Å². The summed E-state index contributed by atoms with van der Waals surface area (Å²) in [5.74, 6) is 0. The number of imidazole rings is 1. The summed E-state index contributed by atoms with van der Waals surface area (Å²) in [6.07, 6.45) is 2.53. The van der Waals surface area contributed by atoms with E-state index in [9.17, 15) is 0 Å². The molecule has 1 saturated heterocycles. The van der Waals surface area contributed by atoms with Crippen molar-refractivity contribution < 1.29 is 4.74 Å². The second-order valence-electron chi connectivity index (χ2n) is 4.53. The van der Waals surface area contributed by atoms with Crippen LogP contribution in [0.5, 0.6) is 6.01 Å². The van der Waals surface area contributed by atoms with Crippen LogP contribution in [0.4, 0.5) is 0 Å². The first-order valence-corrected chi connectivity index (χ1v) is 6.13. The van der Waals surface area contributed by atoms with Gasteiger partial charge in [-0.2, -0.15) is 4.98 Å². The highest BCUT2D eigenvalue weighted by atomic mass is 35.5. The molecule has 2 heterocycles. The van der Waals surface area contributed by atoms with E-state index in [1.807, 2.05) is 29.8 Å². The molecule has 0 spiro atoms. The van der Waals surface area contributed by atoms with Gasteiger partial charge in [-0.05, 0) is 31.5 Å². The van der Waals surface area contributed by atoms with Gasteiger partial charge in [0.05, 0.1) is 11.0 Å². The van der Waals surface area contributed by atoms with Gasteiger partial charge in [-0.25, -0.2) is 0 Å². The molecule has 1 fully saturated rings. The van der Waals surface area contributed by atoms with Crippen molar-refractivity contribution in [2.24, 2.45) is 7.05 Å². The van der Waals surface area contributed by atoms with E-state index in [1.165, 1.54) is 6.42 Å².